The molecule has 0 amide bonds. The van der Waals surface area contributed by atoms with Crippen LogP contribution in [-0.2, 0) is 0 Å². The Morgan fingerprint density at radius 3 is 2.78 bits per heavy atom. The van der Waals surface area contributed by atoms with Gasteiger partial charge in [-0.15, -0.1) is 0 Å². The first-order chi connectivity index (χ1) is 8.56. The Kier molecular flexibility index (Phi) is 3.66. The molecular weight excluding hydrogens is 230 g/mol. The minimum atomic E-state index is -0.228. The molecule has 6 heteroatoms. The molecule has 0 aliphatic rings. The summed E-state index contributed by atoms with van der Waals surface area (Å²) in [6.07, 6.45) is 2.48. The zero-order chi connectivity index (χ0) is 13.1. The Hall–Kier alpha value is -1.82. The Balaban J connectivity index is 2.20. The normalized spacial score (nSPS) is 12.9. The number of nitrogens with two attached hydrogens (primary N) is 1. The molecule has 0 aromatic carbocycles. The highest BCUT2D eigenvalue weighted by atomic mass is 16.5. The highest BCUT2D eigenvalue weighted by molar-refractivity contribution is 5.47. The lowest BCUT2D eigenvalue weighted by Gasteiger charge is -2.08. The van der Waals surface area contributed by atoms with Crippen LogP contribution in [0.1, 0.15) is 38.0 Å². The van der Waals surface area contributed by atoms with Gasteiger partial charge in [0.05, 0.1) is 6.04 Å². The molecule has 0 aliphatic carbocycles. The van der Waals surface area contributed by atoms with Gasteiger partial charge in [-0.1, -0.05) is 19.0 Å². The van der Waals surface area contributed by atoms with Crippen LogP contribution in [0.15, 0.2) is 16.8 Å². The maximum Gasteiger partial charge on any atom is 0.243 e. The molecule has 6 nitrogen and oxygen atoms in total. The Labute approximate surface area is 106 Å². The van der Waals surface area contributed by atoms with Crippen molar-refractivity contribution in [1.82, 2.24) is 20.1 Å². The van der Waals surface area contributed by atoms with E-state index in [0.717, 1.165) is 6.42 Å². The van der Waals surface area contributed by atoms with Gasteiger partial charge in [0.2, 0.25) is 11.7 Å². The second-order valence-electron chi connectivity index (χ2n) is 4.68. The molecule has 1 atom stereocenters. The van der Waals surface area contributed by atoms with Crippen molar-refractivity contribution in [3.8, 4) is 11.5 Å². The fourth-order valence-corrected chi connectivity index (χ4v) is 1.68. The molecule has 0 spiro atoms. The van der Waals surface area contributed by atoms with Crippen LogP contribution in [0, 0.1) is 12.8 Å². The van der Waals surface area contributed by atoms with Gasteiger partial charge in [0.25, 0.3) is 0 Å². The van der Waals surface area contributed by atoms with Gasteiger partial charge in [0, 0.05) is 6.20 Å². The second-order valence-corrected chi connectivity index (χ2v) is 4.68. The Morgan fingerprint density at radius 1 is 1.33 bits per heavy atom. The lowest BCUT2D eigenvalue weighted by Crippen LogP contribution is -2.13. The fourth-order valence-electron chi connectivity index (χ4n) is 1.68. The molecule has 0 saturated heterocycles. The third-order valence-corrected chi connectivity index (χ3v) is 2.49. The van der Waals surface area contributed by atoms with E-state index in [4.69, 9.17) is 10.3 Å². The van der Waals surface area contributed by atoms with E-state index in [9.17, 15) is 0 Å². The molecule has 0 fully saturated rings. The van der Waals surface area contributed by atoms with Crippen molar-refractivity contribution in [2.45, 2.75) is 33.2 Å². The summed E-state index contributed by atoms with van der Waals surface area (Å²) in [7, 11) is 0. The van der Waals surface area contributed by atoms with Gasteiger partial charge in [-0.05, 0) is 25.3 Å². The topological polar surface area (TPSA) is 90.7 Å². The summed E-state index contributed by atoms with van der Waals surface area (Å²) in [6, 6.07) is 1.52. The molecule has 0 unspecified atom stereocenters. The van der Waals surface area contributed by atoms with Gasteiger partial charge in [0.15, 0.2) is 0 Å². The first kappa shape index (κ1) is 12.6. The molecule has 18 heavy (non-hydrogen) atoms. The third kappa shape index (κ3) is 2.89. The second kappa shape index (κ2) is 5.22. The monoisotopic (exact) mass is 247 g/mol. The van der Waals surface area contributed by atoms with Gasteiger partial charge in [-0.3, -0.25) is 0 Å². The first-order valence-electron chi connectivity index (χ1n) is 5.95. The van der Waals surface area contributed by atoms with E-state index in [2.05, 4.69) is 34.0 Å². The minimum Gasteiger partial charge on any atom is -0.337 e. The summed E-state index contributed by atoms with van der Waals surface area (Å²) < 4.78 is 5.18. The average Bonchev–Trinajstić information content (AvgIpc) is 2.77. The molecule has 0 aliphatic heterocycles. The van der Waals surface area contributed by atoms with Crippen LogP contribution < -0.4 is 5.73 Å². The molecule has 0 saturated carbocycles. The van der Waals surface area contributed by atoms with E-state index in [1.165, 1.54) is 0 Å². The molecular formula is C12H17N5O. The molecule has 0 bridgehead atoms. The molecule has 2 aromatic heterocycles. The molecule has 0 radical (unpaired) electrons. The molecule has 96 valence electrons. The van der Waals surface area contributed by atoms with Crippen molar-refractivity contribution in [3.63, 3.8) is 0 Å². The van der Waals surface area contributed by atoms with Gasteiger partial charge in [-0.25, -0.2) is 9.97 Å². The maximum absolute atomic E-state index is 5.99. The molecule has 2 rings (SSSR count). The van der Waals surface area contributed by atoms with E-state index in [1.807, 2.05) is 6.92 Å². The predicted molar refractivity (Wildman–Crippen MR) is 66.4 cm³/mol. The van der Waals surface area contributed by atoms with Gasteiger partial charge < -0.3 is 10.3 Å². The van der Waals surface area contributed by atoms with Crippen molar-refractivity contribution < 1.29 is 4.52 Å². The summed E-state index contributed by atoms with van der Waals surface area (Å²) in [5.74, 6) is 2.06. The minimum absolute atomic E-state index is 0.228. The lowest BCUT2D eigenvalue weighted by atomic mass is 10.0. The van der Waals surface area contributed by atoms with Gasteiger partial charge >= 0.3 is 0 Å². The number of hydrogen-bond donors (Lipinski definition) is 1. The number of aromatic nitrogens is 4. The highest BCUT2D eigenvalue weighted by Gasteiger charge is 2.17. The largest absolute Gasteiger partial charge is 0.337 e. The predicted octanol–water partition coefficient (Wildman–Crippen LogP) is 1.88. The number of hydrogen-bond acceptors (Lipinski definition) is 6. The number of rotatable bonds is 4. The number of nitrogens with zero attached hydrogens (tertiary/aromatic N) is 4. The van der Waals surface area contributed by atoms with Crippen molar-refractivity contribution >= 4 is 0 Å². The van der Waals surface area contributed by atoms with E-state index in [1.54, 1.807) is 12.3 Å². The molecule has 2 aromatic rings. The van der Waals surface area contributed by atoms with Crippen LogP contribution in [0.25, 0.3) is 11.5 Å². The Bertz CT molecular complexity index is 523. The van der Waals surface area contributed by atoms with Crippen LogP contribution in [-0.4, -0.2) is 20.1 Å². The van der Waals surface area contributed by atoms with Crippen molar-refractivity contribution in [2.75, 3.05) is 0 Å². The fraction of sp³-hybridized carbons (Fsp3) is 0.500. The van der Waals surface area contributed by atoms with Crippen LogP contribution in [0.5, 0.6) is 0 Å². The molecule has 2 N–H and O–H groups in total. The summed E-state index contributed by atoms with van der Waals surface area (Å²) >= 11 is 0. The summed E-state index contributed by atoms with van der Waals surface area (Å²) in [5.41, 5.74) is 6.64. The summed E-state index contributed by atoms with van der Waals surface area (Å²) in [4.78, 5) is 12.5. The summed E-state index contributed by atoms with van der Waals surface area (Å²) in [6.45, 7) is 6.02. The van der Waals surface area contributed by atoms with Gasteiger partial charge in [0.1, 0.15) is 11.5 Å². The van der Waals surface area contributed by atoms with E-state index in [-0.39, 0.29) is 6.04 Å². The maximum atomic E-state index is 5.99. The van der Waals surface area contributed by atoms with E-state index in [0.29, 0.717) is 29.2 Å². The van der Waals surface area contributed by atoms with Crippen LogP contribution in [0.4, 0.5) is 0 Å². The van der Waals surface area contributed by atoms with Crippen LogP contribution >= 0.6 is 0 Å². The van der Waals surface area contributed by atoms with Gasteiger partial charge in [-0.2, -0.15) is 4.98 Å². The lowest BCUT2D eigenvalue weighted by molar-refractivity contribution is 0.335. The molecule has 2 heterocycles. The Morgan fingerprint density at radius 2 is 2.11 bits per heavy atom. The zero-order valence-corrected chi connectivity index (χ0v) is 10.8. The zero-order valence-electron chi connectivity index (χ0n) is 10.8. The first-order valence-corrected chi connectivity index (χ1v) is 5.95. The number of aryl methyl sites for hydroxylation is 1. The summed E-state index contributed by atoms with van der Waals surface area (Å²) in [5, 5.41) is 3.90. The van der Waals surface area contributed by atoms with Crippen molar-refractivity contribution in [1.29, 1.82) is 0 Å². The van der Waals surface area contributed by atoms with Crippen molar-refractivity contribution in [3.05, 3.63) is 24.0 Å². The SMILES string of the molecule is Cc1nccc(-c2noc([C@H](N)CC(C)C)n2)n1. The highest BCUT2D eigenvalue weighted by Crippen LogP contribution is 2.20. The van der Waals surface area contributed by atoms with E-state index >= 15 is 0 Å². The third-order valence-electron chi connectivity index (χ3n) is 2.49. The van der Waals surface area contributed by atoms with E-state index < -0.39 is 0 Å². The quantitative estimate of drug-likeness (QED) is 0.887. The van der Waals surface area contributed by atoms with Crippen LogP contribution in [0.2, 0.25) is 0 Å². The smallest absolute Gasteiger partial charge is 0.243 e. The average molecular weight is 247 g/mol. The van der Waals surface area contributed by atoms with Crippen molar-refractivity contribution in [2.24, 2.45) is 11.7 Å². The standard InChI is InChI=1S/C12H17N5O/c1-7(2)6-9(13)12-16-11(17-18-12)10-4-5-14-8(3)15-10/h4-5,7,9H,6,13H2,1-3H3/t9-/m1/s1. The van der Waals surface area contributed by atoms with Crippen LogP contribution in [0.3, 0.4) is 0 Å².